The van der Waals surface area contributed by atoms with E-state index < -0.39 is 8.07 Å². The molecule has 1 aromatic heterocycles. The number of halogens is 1. The van der Waals surface area contributed by atoms with Crippen LogP contribution in [0.3, 0.4) is 0 Å². The molecule has 1 heterocycles. The van der Waals surface area contributed by atoms with E-state index >= 15 is 0 Å². The van der Waals surface area contributed by atoms with Crippen LogP contribution in [0, 0.1) is 5.95 Å². The Bertz CT molecular complexity index is 283. The van der Waals surface area contributed by atoms with Gasteiger partial charge in [0.05, 0.1) is 12.5 Å². The maximum atomic E-state index is 12.8. The minimum Gasteiger partial charge on any atom is -0.361 e. The summed E-state index contributed by atoms with van der Waals surface area (Å²) < 4.78 is 19.5. The van der Waals surface area contributed by atoms with E-state index in [1.807, 2.05) is 0 Å². The van der Waals surface area contributed by atoms with Crippen LogP contribution in [-0.2, 0) is 11.5 Å². The van der Waals surface area contributed by atoms with Crippen molar-refractivity contribution in [1.29, 1.82) is 0 Å². The fourth-order valence-electron chi connectivity index (χ4n) is 0.941. The van der Waals surface area contributed by atoms with Gasteiger partial charge in [0.25, 0.3) is 0 Å². The molecule has 0 amide bonds. The number of aromatic nitrogens is 2. The third-order valence-corrected chi connectivity index (χ3v) is 3.59. The Kier molecular flexibility index (Phi) is 3.83. The van der Waals surface area contributed by atoms with Crippen LogP contribution in [0.1, 0.15) is 0 Å². The van der Waals surface area contributed by atoms with Crippen LogP contribution in [0.25, 0.3) is 0 Å². The summed E-state index contributed by atoms with van der Waals surface area (Å²) in [5, 5.41) is 0. The lowest BCUT2D eigenvalue weighted by atomic mass is 10.8. The molecule has 5 heteroatoms. The van der Waals surface area contributed by atoms with Crippen molar-refractivity contribution in [3.8, 4) is 0 Å². The molecular formula is C9H17FN2OSi. The van der Waals surface area contributed by atoms with Gasteiger partial charge >= 0.3 is 0 Å². The van der Waals surface area contributed by atoms with Crippen molar-refractivity contribution in [2.75, 3.05) is 6.61 Å². The second-order valence-corrected chi connectivity index (χ2v) is 10.2. The normalized spacial score (nSPS) is 12.0. The van der Waals surface area contributed by atoms with E-state index in [4.69, 9.17) is 4.74 Å². The third kappa shape index (κ3) is 4.02. The maximum Gasteiger partial charge on any atom is 0.215 e. The Morgan fingerprint density at radius 2 is 2.21 bits per heavy atom. The lowest BCUT2D eigenvalue weighted by Crippen LogP contribution is -2.22. The van der Waals surface area contributed by atoms with Crippen LogP contribution in [0.5, 0.6) is 0 Å². The molecule has 0 aromatic carbocycles. The van der Waals surface area contributed by atoms with Crippen molar-refractivity contribution < 1.29 is 9.13 Å². The topological polar surface area (TPSA) is 27.1 Å². The lowest BCUT2D eigenvalue weighted by Gasteiger charge is -2.15. The van der Waals surface area contributed by atoms with Crippen molar-refractivity contribution >= 4 is 8.07 Å². The summed E-state index contributed by atoms with van der Waals surface area (Å²) in [6, 6.07) is 1.10. The van der Waals surface area contributed by atoms with Crippen LogP contribution in [0.4, 0.5) is 4.39 Å². The molecule has 1 aromatic rings. The zero-order valence-corrected chi connectivity index (χ0v) is 9.96. The molecule has 0 saturated heterocycles. The smallest absolute Gasteiger partial charge is 0.215 e. The Hall–Kier alpha value is -0.683. The molecule has 0 fully saturated rings. The highest BCUT2D eigenvalue weighted by molar-refractivity contribution is 6.76. The summed E-state index contributed by atoms with van der Waals surface area (Å²) in [5.41, 5.74) is 0. The first-order valence-corrected chi connectivity index (χ1v) is 8.43. The van der Waals surface area contributed by atoms with E-state index in [9.17, 15) is 4.39 Å². The summed E-state index contributed by atoms with van der Waals surface area (Å²) in [6.45, 7) is 7.82. The lowest BCUT2D eigenvalue weighted by molar-refractivity contribution is 0.0794. The molecule has 0 atom stereocenters. The van der Waals surface area contributed by atoms with E-state index in [1.165, 1.54) is 17.1 Å². The Balaban J connectivity index is 2.20. The minimum atomic E-state index is -1.04. The van der Waals surface area contributed by atoms with Gasteiger partial charge in [0.1, 0.15) is 6.73 Å². The van der Waals surface area contributed by atoms with E-state index in [-0.39, 0.29) is 12.7 Å². The molecule has 0 aliphatic rings. The van der Waals surface area contributed by atoms with Crippen LogP contribution >= 0.6 is 0 Å². The molecule has 0 radical (unpaired) electrons. The monoisotopic (exact) mass is 216 g/mol. The standard InChI is InChI=1S/C9H17FN2OSi/c1-14(2,3)5-4-13-8-12-7-11-6-9(12)10/h6-7H,4-5,8H2,1-3H3. The summed E-state index contributed by atoms with van der Waals surface area (Å²) in [5.74, 6) is -0.349. The van der Waals surface area contributed by atoms with Crippen molar-refractivity contribution in [2.45, 2.75) is 32.4 Å². The van der Waals surface area contributed by atoms with Gasteiger partial charge in [-0.15, -0.1) is 0 Å². The molecule has 0 saturated carbocycles. The highest BCUT2D eigenvalue weighted by Crippen LogP contribution is 2.08. The molecule has 0 unspecified atom stereocenters. The Morgan fingerprint density at radius 3 is 2.71 bits per heavy atom. The molecule has 1 rings (SSSR count). The highest BCUT2D eigenvalue weighted by Gasteiger charge is 2.12. The molecule has 3 nitrogen and oxygen atoms in total. The zero-order valence-electron chi connectivity index (χ0n) is 8.96. The van der Waals surface area contributed by atoms with Crippen LogP contribution < -0.4 is 0 Å². The molecule has 0 spiro atoms. The summed E-state index contributed by atoms with van der Waals surface area (Å²) in [6.07, 6.45) is 2.62. The van der Waals surface area contributed by atoms with Gasteiger partial charge in [-0.2, -0.15) is 4.39 Å². The van der Waals surface area contributed by atoms with Gasteiger partial charge in [-0.1, -0.05) is 19.6 Å². The maximum absolute atomic E-state index is 12.8. The molecule has 0 bridgehead atoms. The van der Waals surface area contributed by atoms with Crippen LogP contribution in [-0.4, -0.2) is 24.2 Å². The molecule has 0 aliphatic heterocycles. The van der Waals surface area contributed by atoms with Crippen molar-refractivity contribution in [3.05, 3.63) is 18.5 Å². The first-order chi connectivity index (χ1) is 6.49. The van der Waals surface area contributed by atoms with E-state index in [0.29, 0.717) is 6.61 Å². The molecular weight excluding hydrogens is 199 g/mol. The van der Waals surface area contributed by atoms with Gasteiger partial charge in [-0.25, -0.2) is 4.98 Å². The van der Waals surface area contributed by atoms with Gasteiger partial charge in [-0.05, 0) is 6.04 Å². The number of nitrogens with zero attached hydrogens (tertiary/aromatic N) is 2. The fourth-order valence-corrected chi connectivity index (χ4v) is 1.70. The number of hydrogen-bond acceptors (Lipinski definition) is 2. The van der Waals surface area contributed by atoms with E-state index in [0.717, 1.165) is 6.04 Å². The van der Waals surface area contributed by atoms with Gasteiger partial charge in [0, 0.05) is 14.7 Å². The van der Waals surface area contributed by atoms with Crippen molar-refractivity contribution in [1.82, 2.24) is 9.55 Å². The van der Waals surface area contributed by atoms with E-state index in [1.54, 1.807) is 0 Å². The predicted molar refractivity (Wildman–Crippen MR) is 56.3 cm³/mol. The molecule has 0 N–H and O–H groups in total. The number of imidazole rings is 1. The number of ether oxygens (including phenoxy) is 1. The highest BCUT2D eigenvalue weighted by atomic mass is 28.3. The SMILES string of the molecule is C[Si](C)(C)CCOCn1cncc1F. The van der Waals surface area contributed by atoms with Crippen molar-refractivity contribution in [2.24, 2.45) is 0 Å². The molecule has 14 heavy (non-hydrogen) atoms. The van der Waals surface area contributed by atoms with Gasteiger partial charge in [0.2, 0.25) is 5.95 Å². The molecule has 0 aliphatic carbocycles. The van der Waals surface area contributed by atoms with Gasteiger partial charge < -0.3 is 4.74 Å². The third-order valence-electron chi connectivity index (χ3n) is 1.89. The van der Waals surface area contributed by atoms with Crippen LogP contribution in [0.2, 0.25) is 25.7 Å². The summed E-state index contributed by atoms with van der Waals surface area (Å²) in [7, 11) is -1.04. The first-order valence-electron chi connectivity index (χ1n) is 4.72. The zero-order chi connectivity index (χ0) is 10.6. The Labute approximate surface area is 84.9 Å². The number of hydrogen-bond donors (Lipinski definition) is 0. The van der Waals surface area contributed by atoms with Gasteiger partial charge in [0.15, 0.2) is 0 Å². The number of rotatable bonds is 5. The summed E-state index contributed by atoms with van der Waals surface area (Å²) >= 11 is 0. The quantitative estimate of drug-likeness (QED) is 0.558. The molecule has 80 valence electrons. The first kappa shape index (κ1) is 11.4. The fraction of sp³-hybridized carbons (Fsp3) is 0.667. The Morgan fingerprint density at radius 1 is 1.50 bits per heavy atom. The van der Waals surface area contributed by atoms with Gasteiger partial charge in [-0.3, -0.25) is 4.57 Å². The van der Waals surface area contributed by atoms with Crippen molar-refractivity contribution in [3.63, 3.8) is 0 Å². The average molecular weight is 216 g/mol. The van der Waals surface area contributed by atoms with Crippen LogP contribution in [0.15, 0.2) is 12.5 Å². The minimum absolute atomic E-state index is 0.260. The summed E-state index contributed by atoms with van der Waals surface area (Å²) in [4.78, 5) is 3.67. The van der Waals surface area contributed by atoms with E-state index in [2.05, 4.69) is 24.6 Å². The average Bonchev–Trinajstić information content (AvgIpc) is 2.44. The second kappa shape index (κ2) is 4.70. The second-order valence-electron chi connectivity index (χ2n) is 4.53. The largest absolute Gasteiger partial charge is 0.361 e. The predicted octanol–water partition coefficient (Wildman–Crippen LogP) is 2.33.